The van der Waals surface area contributed by atoms with Gasteiger partial charge in [0, 0.05) is 40.5 Å². The Morgan fingerprint density at radius 1 is 0.632 bits per heavy atom. The fourth-order valence-electron chi connectivity index (χ4n) is 3.43. The lowest BCUT2D eigenvalue weighted by atomic mass is 10.2. The summed E-state index contributed by atoms with van der Waals surface area (Å²) >= 11 is 0. The number of anilines is 2. The van der Waals surface area contributed by atoms with E-state index >= 15 is 0 Å². The van der Waals surface area contributed by atoms with E-state index in [0.717, 1.165) is 34.1 Å². The molecule has 38 heavy (non-hydrogen) atoms. The lowest BCUT2D eigenvalue weighted by Gasteiger charge is -2.13. The standard InChI is InChI=1S/C15H19N4.C14H16N4.HI/c1-12-9-10-15(19(4)11-12)17-16-13-7-5-6-8-14(13)18(2)3;1-11-8-9-14(15-10-11)17-16-12-6-4-5-7-13(12)18(2)3;/h5-11H,1-4H3;4-10H,1-3H3;1H/q+1;;/p-1. The van der Waals surface area contributed by atoms with Crippen molar-refractivity contribution in [1.29, 1.82) is 0 Å². The Morgan fingerprint density at radius 2 is 1.16 bits per heavy atom. The topological polar surface area (TPSA) is 72.7 Å². The highest BCUT2D eigenvalue weighted by Crippen LogP contribution is 2.28. The van der Waals surface area contributed by atoms with Crippen LogP contribution < -0.4 is 38.3 Å². The summed E-state index contributed by atoms with van der Waals surface area (Å²) in [4.78, 5) is 8.24. The molecule has 8 nitrogen and oxygen atoms in total. The van der Waals surface area contributed by atoms with Crippen LogP contribution in [0.2, 0.25) is 0 Å². The van der Waals surface area contributed by atoms with Gasteiger partial charge in [-0.25, -0.2) is 9.55 Å². The van der Waals surface area contributed by atoms with Crippen molar-refractivity contribution in [2.75, 3.05) is 38.0 Å². The molecule has 0 spiro atoms. The summed E-state index contributed by atoms with van der Waals surface area (Å²) in [6.07, 6.45) is 3.82. The second-order valence-electron chi connectivity index (χ2n) is 9.04. The van der Waals surface area contributed by atoms with E-state index in [0.29, 0.717) is 5.82 Å². The van der Waals surface area contributed by atoms with Crippen molar-refractivity contribution in [3.05, 3.63) is 96.3 Å². The van der Waals surface area contributed by atoms with Crippen molar-refractivity contribution in [1.82, 2.24) is 4.98 Å². The van der Waals surface area contributed by atoms with E-state index in [1.165, 1.54) is 5.56 Å². The van der Waals surface area contributed by atoms with E-state index in [-0.39, 0.29) is 24.0 Å². The van der Waals surface area contributed by atoms with Crippen molar-refractivity contribution in [2.45, 2.75) is 13.8 Å². The smallest absolute Gasteiger partial charge is 0.350 e. The zero-order valence-electron chi connectivity index (χ0n) is 23.0. The van der Waals surface area contributed by atoms with Gasteiger partial charge in [-0.15, -0.1) is 10.2 Å². The van der Waals surface area contributed by atoms with E-state index in [9.17, 15) is 0 Å². The number of rotatable bonds is 6. The predicted octanol–water partition coefficient (Wildman–Crippen LogP) is 4.18. The first-order chi connectivity index (χ1) is 17.7. The molecule has 0 aliphatic carbocycles. The van der Waals surface area contributed by atoms with Crippen LogP contribution in [0.25, 0.3) is 0 Å². The molecule has 0 aliphatic rings. The maximum absolute atomic E-state index is 4.35. The maximum atomic E-state index is 4.35. The summed E-state index contributed by atoms with van der Waals surface area (Å²) in [7, 11) is 9.94. The number of halogens is 1. The minimum absolute atomic E-state index is 0. The molecule has 0 unspecified atom stereocenters. The summed E-state index contributed by atoms with van der Waals surface area (Å²) in [6.45, 7) is 4.05. The third-order valence-corrected chi connectivity index (χ3v) is 5.40. The molecular weight excluding hydrogens is 587 g/mol. The van der Waals surface area contributed by atoms with Crippen LogP contribution in [-0.2, 0) is 7.05 Å². The van der Waals surface area contributed by atoms with Crippen molar-refractivity contribution in [3.8, 4) is 0 Å². The van der Waals surface area contributed by atoms with Crippen molar-refractivity contribution in [3.63, 3.8) is 0 Å². The fourth-order valence-corrected chi connectivity index (χ4v) is 3.43. The fraction of sp³-hybridized carbons (Fsp3) is 0.241. The van der Waals surface area contributed by atoms with Crippen LogP contribution in [0.3, 0.4) is 0 Å². The van der Waals surface area contributed by atoms with Gasteiger partial charge in [-0.05, 0) is 66.5 Å². The zero-order valence-corrected chi connectivity index (χ0v) is 25.2. The van der Waals surface area contributed by atoms with Crippen molar-refractivity contribution >= 4 is 34.4 Å². The monoisotopic (exact) mass is 622 g/mol. The highest BCUT2D eigenvalue weighted by atomic mass is 127. The molecular formula is C29H35IN8. The highest BCUT2D eigenvalue weighted by molar-refractivity contribution is 5.66. The van der Waals surface area contributed by atoms with Gasteiger partial charge < -0.3 is 33.8 Å². The molecule has 0 N–H and O–H groups in total. The van der Waals surface area contributed by atoms with Gasteiger partial charge in [-0.2, -0.15) is 0 Å². The molecule has 0 radical (unpaired) electrons. The molecule has 9 heteroatoms. The normalized spacial score (nSPS) is 10.6. The second-order valence-corrected chi connectivity index (χ2v) is 9.04. The maximum Gasteiger partial charge on any atom is 0.350 e. The Balaban J connectivity index is 0.000000260. The Hall–Kier alpha value is -3.73. The summed E-state index contributed by atoms with van der Waals surface area (Å²) in [5.74, 6) is 1.45. The molecule has 4 rings (SSSR count). The third-order valence-electron chi connectivity index (χ3n) is 5.40. The number of benzene rings is 2. The molecule has 198 valence electrons. The Labute approximate surface area is 242 Å². The predicted molar refractivity (Wildman–Crippen MR) is 151 cm³/mol. The summed E-state index contributed by atoms with van der Waals surface area (Å²) in [5.41, 5.74) is 6.12. The second kappa shape index (κ2) is 14.9. The number of hydrogen-bond donors (Lipinski definition) is 0. The van der Waals surface area contributed by atoms with E-state index in [2.05, 4.69) is 32.4 Å². The van der Waals surface area contributed by atoms with Crippen LogP contribution in [0.5, 0.6) is 0 Å². The molecule has 0 saturated heterocycles. The van der Waals surface area contributed by atoms with Crippen LogP contribution in [0, 0.1) is 13.8 Å². The average Bonchev–Trinajstić information content (AvgIpc) is 2.88. The largest absolute Gasteiger partial charge is 1.00 e. The van der Waals surface area contributed by atoms with Gasteiger partial charge in [-0.1, -0.05) is 30.3 Å². The number of nitrogens with zero attached hydrogens (tertiary/aromatic N) is 8. The van der Waals surface area contributed by atoms with E-state index in [1.54, 1.807) is 6.20 Å². The van der Waals surface area contributed by atoms with Crippen LogP contribution in [0.4, 0.5) is 34.4 Å². The Kier molecular flexibility index (Phi) is 11.9. The molecule has 0 amide bonds. The Morgan fingerprint density at radius 3 is 1.66 bits per heavy atom. The van der Waals surface area contributed by atoms with Crippen LogP contribution in [0.1, 0.15) is 11.1 Å². The molecule has 4 aromatic rings. The first kappa shape index (κ1) is 30.5. The van der Waals surface area contributed by atoms with E-state index in [1.807, 2.05) is 136 Å². The number of azo groups is 2. The molecule has 0 bridgehead atoms. The molecule has 2 aromatic carbocycles. The quantitative estimate of drug-likeness (QED) is 0.184. The number of hydrogen-bond acceptors (Lipinski definition) is 7. The van der Waals surface area contributed by atoms with Gasteiger partial charge in [0.05, 0.1) is 29.7 Å². The van der Waals surface area contributed by atoms with Crippen LogP contribution >= 0.6 is 0 Å². The van der Waals surface area contributed by atoms with E-state index in [4.69, 9.17) is 0 Å². The van der Waals surface area contributed by atoms with Gasteiger partial charge in [0.15, 0.2) is 5.82 Å². The summed E-state index contributed by atoms with van der Waals surface area (Å²) in [5, 5.41) is 17.1. The lowest BCUT2D eigenvalue weighted by Crippen LogP contribution is -3.00. The van der Waals surface area contributed by atoms with Gasteiger partial charge in [0.25, 0.3) is 0 Å². The molecule has 0 fully saturated rings. The lowest BCUT2D eigenvalue weighted by molar-refractivity contribution is -0.658. The summed E-state index contributed by atoms with van der Waals surface area (Å²) < 4.78 is 1.97. The number of aromatic nitrogens is 2. The molecule has 2 heterocycles. The number of para-hydroxylation sites is 2. The third kappa shape index (κ3) is 8.98. The first-order valence-electron chi connectivity index (χ1n) is 12.0. The van der Waals surface area contributed by atoms with Crippen molar-refractivity contribution in [2.24, 2.45) is 27.5 Å². The molecule has 0 aliphatic heterocycles. The van der Waals surface area contributed by atoms with Crippen LogP contribution in [-0.4, -0.2) is 33.2 Å². The van der Waals surface area contributed by atoms with Gasteiger partial charge in [0.2, 0.25) is 0 Å². The number of aryl methyl sites for hydroxylation is 3. The summed E-state index contributed by atoms with van der Waals surface area (Å²) in [6, 6.07) is 23.7. The SMILES string of the molecule is Cc1ccc(N=Nc2ccccc2N(C)C)[n+](C)c1.Cc1ccc(N=Nc2ccccc2N(C)C)nc1.[I-]. The average molecular weight is 623 g/mol. The molecule has 0 atom stereocenters. The molecule has 0 saturated carbocycles. The van der Waals surface area contributed by atoms with Gasteiger partial charge in [0.1, 0.15) is 11.4 Å². The minimum atomic E-state index is 0. The molecule has 2 aromatic heterocycles. The van der Waals surface area contributed by atoms with Crippen LogP contribution in [0.15, 0.2) is 106 Å². The van der Waals surface area contributed by atoms with Crippen molar-refractivity contribution < 1.29 is 28.5 Å². The van der Waals surface area contributed by atoms with Gasteiger partial charge in [-0.3, -0.25) is 0 Å². The highest BCUT2D eigenvalue weighted by Gasteiger charge is 2.08. The zero-order chi connectivity index (χ0) is 26.8. The van der Waals surface area contributed by atoms with E-state index < -0.39 is 0 Å². The Bertz CT molecular complexity index is 1370. The minimum Gasteiger partial charge on any atom is -1.00 e. The number of pyridine rings is 2. The first-order valence-corrected chi connectivity index (χ1v) is 12.0. The van der Waals surface area contributed by atoms with Gasteiger partial charge >= 0.3 is 5.82 Å².